The minimum Gasteiger partial charge on any atom is -0.507 e. The summed E-state index contributed by atoms with van der Waals surface area (Å²) in [7, 11) is 2.11. The van der Waals surface area contributed by atoms with Crippen LogP contribution in [-0.2, 0) is 9.59 Å². The van der Waals surface area contributed by atoms with Crippen molar-refractivity contribution in [3.8, 4) is 5.75 Å². The third-order valence-corrected chi connectivity index (χ3v) is 7.63. The first kappa shape index (κ1) is 26.8. The number of carbonyl (C=O) groups excluding carboxylic acids is 2. The molecule has 5 rings (SSSR count). The molecule has 2 aliphatic rings. The lowest BCUT2D eigenvalue weighted by Crippen LogP contribution is -2.44. The summed E-state index contributed by atoms with van der Waals surface area (Å²) in [5.41, 5.74) is 3.56. The molecule has 3 aromatic rings. The van der Waals surface area contributed by atoms with Crippen LogP contribution < -0.4 is 14.5 Å². The number of aliphatic hydroxyl groups is 1. The minimum absolute atomic E-state index is 0.00991. The molecule has 0 spiro atoms. The van der Waals surface area contributed by atoms with Gasteiger partial charge in [-0.05, 0) is 68.9 Å². The van der Waals surface area contributed by atoms with Gasteiger partial charge in [-0.15, -0.1) is 0 Å². The highest BCUT2D eigenvalue weighted by Crippen LogP contribution is 2.43. The number of benzene rings is 3. The van der Waals surface area contributed by atoms with E-state index in [9.17, 15) is 14.7 Å². The van der Waals surface area contributed by atoms with Crippen molar-refractivity contribution < 1.29 is 19.4 Å². The van der Waals surface area contributed by atoms with Crippen molar-refractivity contribution in [2.45, 2.75) is 19.9 Å². The van der Waals surface area contributed by atoms with Crippen LogP contribution in [0.5, 0.6) is 5.75 Å². The maximum Gasteiger partial charge on any atom is 0.300 e. The molecular formula is C31H32ClN3O4. The van der Waals surface area contributed by atoms with Gasteiger partial charge in [0.1, 0.15) is 11.5 Å². The van der Waals surface area contributed by atoms with E-state index < -0.39 is 17.7 Å². The molecule has 1 atom stereocenters. The molecule has 0 bridgehead atoms. The number of likely N-dealkylation sites (N-methyl/N-ethyl adjacent to an activating group) is 1. The fraction of sp³-hybridized carbons (Fsp3) is 0.290. The minimum atomic E-state index is -0.828. The first-order valence-electron chi connectivity index (χ1n) is 13.1. The predicted molar refractivity (Wildman–Crippen MR) is 155 cm³/mol. The zero-order valence-electron chi connectivity index (χ0n) is 22.4. The van der Waals surface area contributed by atoms with Crippen LogP contribution >= 0.6 is 11.6 Å². The monoisotopic (exact) mass is 545 g/mol. The number of hydrogen-bond donors (Lipinski definition) is 1. The number of rotatable bonds is 6. The molecule has 1 N–H and O–H groups in total. The summed E-state index contributed by atoms with van der Waals surface area (Å²) in [5, 5.41) is 11.8. The quantitative estimate of drug-likeness (QED) is 0.253. The topological polar surface area (TPSA) is 73.3 Å². The Labute approximate surface area is 233 Å². The molecule has 2 saturated heterocycles. The number of anilines is 2. The van der Waals surface area contributed by atoms with E-state index in [-0.39, 0.29) is 21.9 Å². The number of aryl methyl sites for hydroxylation is 1. The second-order valence-electron chi connectivity index (χ2n) is 9.96. The Hall–Kier alpha value is -3.81. The van der Waals surface area contributed by atoms with E-state index >= 15 is 0 Å². The highest BCUT2D eigenvalue weighted by molar-refractivity contribution is 6.52. The van der Waals surface area contributed by atoms with E-state index in [1.807, 2.05) is 62.4 Å². The average Bonchev–Trinajstić information content (AvgIpc) is 3.20. The molecule has 1 amide bonds. The third-order valence-electron chi connectivity index (χ3n) is 7.30. The highest BCUT2D eigenvalue weighted by atomic mass is 35.5. The van der Waals surface area contributed by atoms with Gasteiger partial charge in [-0.25, -0.2) is 0 Å². The van der Waals surface area contributed by atoms with Crippen molar-refractivity contribution in [1.82, 2.24) is 4.90 Å². The van der Waals surface area contributed by atoms with Crippen LogP contribution in [0.4, 0.5) is 11.4 Å². The third kappa shape index (κ3) is 5.24. The van der Waals surface area contributed by atoms with E-state index in [0.717, 1.165) is 43.0 Å². The molecule has 0 saturated carbocycles. The molecule has 1 unspecified atom stereocenters. The van der Waals surface area contributed by atoms with Crippen LogP contribution in [0.1, 0.15) is 29.7 Å². The van der Waals surface area contributed by atoms with Gasteiger partial charge in [-0.3, -0.25) is 14.5 Å². The first-order valence-corrected chi connectivity index (χ1v) is 13.5. The van der Waals surface area contributed by atoms with Crippen molar-refractivity contribution in [3.05, 3.63) is 94.0 Å². The Morgan fingerprint density at radius 2 is 1.67 bits per heavy atom. The van der Waals surface area contributed by atoms with Gasteiger partial charge in [0.25, 0.3) is 11.7 Å². The second kappa shape index (κ2) is 11.1. The number of ketones is 1. The SMILES string of the molecule is CCOc1ccc(Cl)c(/C(O)=C2\C(=O)C(=O)N(c3ccc(N4CCN(C)CC4)cc3)C2c2cccc(C)c2)c1. The number of halogens is 1. The molecule has 0 aromatic heterocycles. The van der Waals surface area contributed by atoms with Gasteiger partial charge < -0.3 is 19.6 Å². The van der Waals surface area contributed by atoms with Gasteiger partial charge >= 0.3 is 0 Å². The number of aliphatic hydroxyl groups excluding tert-OH is 1. The van der Waals surface area contributed by atoms with E-state index in [1.165, 1.54) is 4.90 Å². The fourth-order valence-corrected chi connectivity index (χ4v) is 5.44. The molecule has 8 heteroatoms. The Morgan fingerprint density at radius 1 is 0.974 bits per heavy atom. The number of Topliss-reactive ketones (excluding diaryl/α,β-unsaturated/α-hetero) is 1. The predicted octanol–water partition coefficient (Wildman–Crippen LogP) is 5.43. The van der Waals surface area contributed by atoms with Crippen molar-refractivity contribution in [2.24, 2.45) is 0 Å². The van der Waals surface area contributed by atoms with Crippen LogP contribution in [-0.4, -0.2) is 61.5 Å². The van der Waals surface area contributed by atoms with E-state index in [2.05, 4.69) is 16.8 Å². The number of nitrogens with zero attached hydrogens (tertiary/aromatic N) is 3. The van der Waals surface area contributed by atoms with Gasteiger partial charge in [0, 0.05) is 43.1 Å². The van der Waals surface area contributed by atoms with Gasteiger partial charge in [0.05, 0.1) is 23.2 Å². The van der Waals surface area contributed by atoms with Gasteiger partial charge in [-0.1, -0.05) is 41.4 Å². The van der Waals surface area contributed by atoms with Crippen LogP contribution in [0, 0.1) is 6.92 Å². The number of amides is 1. The summed E-state index contributed by atoms with van der Waals surface area (Å²) in [5.74, 6) is -1.29. The molecule has 0 radical (unpaired) electrons. The van der Waals surface area contributed by atoms with E-state index in [4.69, 9.17) is 16.3 Å². The molecular weight excluding hydrogens is 514 g/mol. The van der Waals surface area contributed by atoms with E-state index in [1.54, 1.807) is 18.2 Å². The summed E-state index contributed by atoms with van der Waals surface area (Å²) in [6.45, 7) is 8.04. The molecule has 39 heavy (non-hydrogen) atoms. The van der Waals surface area contributed by atoms with Crippen molar-refractivity contribution in [3.63, 3.8) is 0 Å². The standard InChI is InChI=1S/C31H32ClN3O4/c1-4-39-24-12-13-26(32)25(19-24)29(36)27-28(21-7-5-6-20(2)18-21)35(31(38)30(27)37)23-10-8-22(9-11-23)34-16-14-33(3)15-17-34/h5-13,18-19,28,36H,4,14-17H2,1-3H3/b29-27+. The summed E-state index contributed by atoms with van der Waals surface area (Å²) >= 11 is 6.46. The molecule has 3 aromatic carbocycles. The molecule has 202 valence electrons. The lowest BCUT2D eigenvalue weighted by Gasteiger charge is -2.34. The van der Waals surface area contributed by atoms with Gasteiger partial charge in [0.15, 0.2) is 0 Å². The molecule has 2 fully saturated rings. The average molecular weight is 546 g/mol. The number of ether oxygens (including phenoxy) is 1. The van der Waals surface area contributed by atoms with Crippen LogP contribution in [0.15, 0.2) is 72.3 Å². The zero-order valence-corrected chi connectivity index (χ0v) is 23.1. The smallest absolute Gasteiger partial charge is 0.300 e. The van der Waals surface area contributed by atoms with Crippen molar-refractivity contribution >= 4 is 40.4 Å². The Bertz CT molecular complexity index is 1430. The lowest BCUT2D eigenvalue weighted by molar-refractivity contribution is -0.132. The molecule has 2 aliphatic heterocycles. The van der Waals surface area contributed by atoms with Crippen LogP contribution in [0.25, 0.3) is 5.76 Å². The number of hydrogen-bond acceptors (Lipinski definition) is 6. The normalized spacial score (nSPS) is 19.5. The van der Waals surface area contributed by atoms with Crippen LogP contribution in [0.2, 0.25) is 5.02 Å². The zero-order chi connectivity index (χ0) is 27.7. The fourth-order valence-electron chi connectivity index (χ4n) is 5.23. The summed E-state index contributed by atoms with van der Waals surface area (Å²) in [6, 6.07) is 19.4. The van der Waals surface area contributed by atoms with Gasteiger partial charge in [-0.2, -0.15) is 0 Å². The Morgan fingerprint density at radius 3 is 2.33 bits per heavy atom. The molecule has 7 nitrogen and oxygen atoms in total. The Kier molecular flexibility index (Phi) is 7.64. The maximum atomic E-state index is 13.6. The maximum absolute atomic E-state index is 13.6. The van der Waals surface area contributed by atoms with E-state index in [0.29, 0.717) is 18.0 Å². The number of carbonyl (C=O) groups is 2. The lowest BCUT2D eigenvalue weighted by atomic mass is 9.94. The van der Waals surface area contributed by atoms with Crippen molar-refractivity contribution in [2.75, 3.05) is 49.6 Å². The number of piperazine rings is 1. The van der Waals surface area contributed by atoms with Gasteiger partial charge in [0.2, 0.25) is 0 Å². The second-order valence-corrected chi connectivity index (χ2v) is 10.4. The largest absolute Gasteiger partial charge is 0.507 e. The Balaban J connectivity index is 1.60. The summed E-state index contributed by atoms with van der Waals surface area (Å²) in [4.78, 5) is 33.2. The molecule has 2 heterocycles. The summed E-state index contributed by atoms with van der Waals surface area (Å²) < 4.78 is 5.59. The summed E-state index contributed by atoms with van der Waals surface area (Å²) in [6.07, 6.45) is 0. The highest BCUT2D eigenvalue weighted by Gasteiger charge is 2.47. The molecule has 0 aliphatic carbocycles. The first-order chi connectivity index (χ1) is 18.8. The van der Waals surface area contributed by atoms with Crippen molar-refractivity contribution in [1.29, 1.82) is 0 Å². The van der Waals surface area contributed by atoms with Crippen LogP contribution in [0.3, 0.4) is 0 Å².